The second-order valence-corrected chi connectivity index (χ2v) is 8.50. The summed E-state index contributed by atoms with van der Waals surface area (Å²) in [7, 11) is -4.72. The van der Waals surface area contributed by atoms with Crippen LogP contribution < -0.4 is 10.3 Å². The predicted molar refractivity (Wildman–Crippen MR) is 92.1 cm³/mol. The summed E-state index contributed by atoms with van der Waals surface area (Å²) >= 11 is 0. The van der Waals surface area contributed by atoms with Gasteiger partial charge >= 0.3 is 12.4 Å². The molecule has 1 aliphatic rings. The molecule has 164 valence electrons. The van der Waals surface area contributed by atoms with E-state index in [9.17, 15) is 39.6 Å². The van der Waals surface area contributed by atoms with Crippen LogP contribution in [0.15, 0.2) is 40.0 Å². The van der Waals surface area contributed by atoms with Crippen LogP contribution in [-0.2, 0) is 28.9 Å². The Morgan fingerprint density at radius 2 is 1.57 bits per heavy atom. The standard InChI is InChI=1S/C17H15F6N3O3S/c18-16(19,20)11-7-12(17(21,22)23)9-13(8-11)30(28,29)24-5-6-26-15(27)4-3-14(25-26)10-1-2-10/h3-4,7-10,24H,1-2,5-6H2. The molecule has 13 heteroatoms. The van der Waals surface area contributed by atoms with Crippen molar-refractivity contribution >= 4 is 10.0 Å². The molecule has 0 atom stereocenters. The Labute approximate surface area is 166 Å². The Morgan fingerprint density at radius 3 is 2.07 bits per heavy atom. The molecule has 0 amide bonds. The third kappa shape index (κ3) is 5.19. The maximum Gasteiger partial charge on any atom is 0.416 e. The average Bonchev–Trinajstić information content (AvgIpc) is 3.46. The minimum absolute atomic E-state index is 0.121. The molecule has 0 aliphatic heterocycles. The monoisotopic (exact) mass is 455 g/mol. The van der Waals surface area contributed by atoms with Gasteiger partial charge in [0.25, 0.3) is 5.56 Å². The number of nitrogens with zero attached hydrogens (tertiary/aromatic N) is 2. The summed E-state index contributed by atoms with van der Waals surface area (Å²) in [5.41, 5.74) is -3.34. The summed E-state index contributed by atoms with van der Waals surface area (Å²) in [6.45, 7) is -0.704. The highest BCUT2D eigenvalue weighted by Gasteiger charge is 2.38. The van der Waals surface area contributed by atoms with Gasteiger partial charge < -0.3 is 0 Å². The molecular formula is C17H15F6N3O3S. The summed E-state index contributed by atoms with van der Waals surface area (Å²) in [5, 5.41) is 4.09. The van der Waals surface area contributed by atoms with Gasteiger partial charge in [-0.25, -0.2) is 17.8 Å². The molecule has 6 nitrogen and oxygen atoms in total. The molecule has 1 saturated carbocycles. The van der Waals surface area contributed by atoms with Crippen molar-refractivity contribution in [2.24, 2.45) is 0 Å². The van der Waals surface area contributed by atoms with Crippen molar-refractivity contribution in [3.63, 3.8) is 0 Å². The number of hydrogen-bond acceptors (Lipinski definition) is 4. The van der Waals surface area contributed by atoms with Crippen molar-refractivity contribution in [3.05, 3.63) is 57.5 Å². The van der Waals surface area contributed by atoms with E-state index in [-0.39, 0.29) is 30.7 Å². The number of benzene rings is 1. The average molecular weight is 455 g/mol. The maximum atomic E-state index is 12.9. The highest BCUT2D eigenvalue weighted by Crippen LogP contribution is 2.38. The molecule has 0 saturated heterocycles. The van der Waals surface area contributed by atoms with E-state index in [1.807, 2.05) is 4.72 Å². The van der Waals surface area contributed by atoms with Gasteiger partial charge in [-0.1, -0.05) is 0 Å². The minimum atomic E-state index is -5.17. The van der Waals surface area contributed by atoms with Gasteiger partial charge in [0.2, 0.25) is 10.0 Å². The fraction of sp³-hybridized carbons (Fsp3) is 0.412. The van der Waals surface area contributed by atoms with Crippen molar-refractivity contribution in [1.29, 1.82) is 0 Å². The van der Waals surface area contributed by atoms with Crippen LogP contribution in [0.4, 0.5) is 26.3 Å². The fourth-order valence-electron chi connectivity index (χ4n) is 2.67. The normalized spacial score (nSPS) is 15.4. The third-order valence-electron chi connectivity index (χ3n) is 4.37. The number of sulfonamides is 1. The summed E-state index contributed by atoms with van der Waals surface area (Å²) in [4.78, 5) is 10.6. The van der Waals surface area contributed by atoms with Gasteiger partial charge in [0, 0.05) is 18.5 Å². The second-order valence-electron chi connectivity index (χ2n) is 6.73. The van der Waals surface area contributed by atoms with Crippen molar-refractivity contribution < 1.29 is 34.8 Å². The second kappa shape index (κ2) is 7.69. The van der Waals surface area contributed by atoms with Crippen LogP contribution in [0.3, 0.4) is 0 Å². The fourth-order valence-corrected chi connectivity index (χ4v) is 3.76. The molecule has 1 aromatic carbocycles. The molecule has 1 aromatic heterocycles. The smallest absolute Gasteiger partial charge is 0.268 e. The largest absolute Gasteiger partial charge is 0.416 e. The van der Waals surface area contributed by atoms with Gasteiger partial charge in [0.1, 0.15) is 0 Å². The lowest BCUT2D eigenvalue weighted by atomic mass is 10.1. The first-order valence-corrected chi connectivity index (χ1v) is 10.1. The molecular weight excluding hydrogens is 440 g/mol. The summed E-state index contributed by atoms with van der Waals surface area (Å²) in [6, 6.07) is 2.90. The topological polar surface area (TPSA) is 81.1 Å². The van der Waals surface area contributed by atoms with Crippen LogP contribution in [0.1, 0.15) is 35.6 Å². The zero-order valence-corrected chi connectivity index (χ0v) is 15.9. The summed E-state index contributed by atoms with van der Waals surface area (Å²) < 4.78 is 105. The number of hydrogen-bond donors (Lipinski definition) is 1. The third-order valence-corrected chi connectivity index (χ3v) is 5.81. The molecule has 1 fully saturated rings. The van der Waals surface area contributed by atoms with Gasteiger partial charge in [0.05, 0.1) is 28.3 Å². The van der Waals surface area contributed by atoms with E-state index in [0.29, 0.717) is 5.69 Å². The molecule has 1 aliphatic carbocycles. The first-order valence-electron chi connectivity index (χ1n) is 8.64. The highest BCUT2D eigenvalue weighted by molar-refractivity contribution is 7.89. The highest BCUT2D eigenvalue weighted by atomic mass is 32.2. The van der Waals surface area contributed by atoms with E-state index in [4.69, 9.17) is 0 Å². The number of rotatable bonds is 6. The number of halogens is 6. The number of aromatic nitrogens is 2. The van der Waals surface area contributed by atoms with E-state index < -0.39 is 50.5 Å². The maximum absolute atomic E-state index is 12.9. The Balaban J connectivity index is 1.82. The summed E-state index contributed by atoms with van der Waals surface area (Å²) in [5.74, 6) is 0.222. The van der Waals surface area contributed by atoms with Crippen LogP contribution in [0.5, 0.6) is 0 Å². The predicted octanol–water partition coefficient (Wildman–Crippen LogP) is 3.14. The molecule has 0 spiro atoms. The van der Waals surface area contributed by atoms with E-state index in [1.54, 1.807) is 6.07 Å². The number of alkyl halides is 6. The minimum Gasteiger partial charge on any atom is -0.268 e. The van der Waals surface area contributed by atoms with Crippen molar-refractivity contribution in [3.8, 4) is 0 Å². The molecule has 2 aromatic rings. The quantitative estimate of drug-likeness (QED) is 0.679. The molecule has 0 radical (unpaired) electrons. The lowest BCUT2D eigenvalue weighted by molar-refractivity contribution is -0.143. The first kappa shape index (κ1) is 22.3. The Bertz CT molecular complexity index is 1070. The molecule has 1 heterocycles. The van der Waals surface area contributed by atoms with Crippen molar-refractivity contribution in [1.82, 2.24) is 14.5 Å². The van der Waals surface area contributed by atoms with Gasteiger partial charge in [-0.3, -0.25) is 4.79 Å². The Hall–Kier alpha value is -2.41. The van der Waals surface area contributed by atoms with E-state index >= 15 is 0 Å². The molecule has 1 N–H and O–H groups in total. The SMILES string of the molecule is O=c1ccc(C2CC2)nn1CCNS(=O)(=O)c1cc(C(F)(F)F)cc(C(F)(F)F)c1. The van der Waals surface area contributed by atoms with Gasteiger partial charge in [-0.2, -0.15) is 31.4 Å². The van der Waals surface area contributed by atoms with Gasteiger partial charge in [0.15, 0.2) is 0 Å². The number of nitrogens with one attached hydrogen (secondary N) is 1. The van der Waals surface area contributed by atoms with Gasteiger partial charge in [-0.05, 0) is 37.1 Å². The van der Waals surface area contributed by atoms with Gasteiger partial charge in [-0.15, -0.1) is 0 Å². The Morgan fingerprint density at radius 1 is 1.00 bits per heavy atom. The molecule has 0 bridgehead atoms. The Kier molecular flexibility index (Phi) is 5.71. The lowest BCUT2D eigenvalue weighted by Crippen LogP contribution is -2.32. The zero-order valence-electron chi connectivity index (χ0n) is 15.1. The van der Waals surface area contributed by atoms with Crippen LogP contribution >= 0.6 is 0 Å². The van der Waals surface area contributed by atoms with E-state index in [1.165, 1.54) is 6.07 Å². The van der Waals surface area contributed by atoms with Crippen molar-refractivity contribution in [2.75, 3.05) is 6.54 Å². The zero-order chi connectivity index (χ0) is 22.3. The lowest BCUT2D eigenvalue weighted by Gasteiger charge is -2.15. The molecule has 0 unspecified atom stereocenters. The first-order chi connectivity index (χ1) is 13.8. The molecule has 30 heavy (non-hydrogen) atoms. The van der Waals surface area contributed by atoms with E-state index in [2.05, 4.69) is 5.10 Å². The van der Waals surface area contributed by atoms with Crippen molar-refractivity contribution in [2.45, 2.75) is 42.6 Å². The van der Waals surface area contributed by atoms with E-state index in [0.717, 1.165) is 17.5 Å². The van der Waals surface area contributed by atoms with Crippen LogP contribution in [-0.4, -0.2) is 24.7 Å². The van der Waals surface area contributed by atoms with Crippen LogP contribution in [0.25, 0.3) is 0 Å². The van der Waals surface area contributed by atoms with Crippen LogP contribution in [0, 0.1) is 0 Å². The molecule has 3 rings (SSSR count). The summed E-state index contributed by atoms with van der Waals surface area (Å²) in [6.07, 6.45) is -8.53. The van der Waals surface area contributed by atoms with Crippen LogP contribution in [0.2, 0.25) is 0 Å².